The van der Waals surface area contributed by atoms with Gasteiger partial charge in [0.15, 0.2) is 0 Å². The molecule has 96 valence electrons. The zero-order valence-electron chi connectivity index (χ0n) is 9.66. The van der Waals surface area contributed by atoms with E-state index in [-0.39, 0.29) is 24.3 Å². The summed E-state index contributed by atoms with van der Waals surface area (Å²) in [4.78, 5) is 0. The predicted molar refractivity (Wildman–Crippen MR) is 72.2 cm³/mol. The zero-order chi connectivity index (χ0) is 11.5. The third kappa shape index (κ3) is 3.57. The van der Waals surface area contributed by atoms with Crippen molar-refractivity contribution in [2.24, 2.45) is 11.7 Å². The van der Waals surface area contributed by atoms with E-state index in [1.165, 1.54) is 25.3 Å². The Bertz CT molecular complexity index is 364. The van der Waals surface area contributed by atoms with Crippen LogP contribution in [0.25, 0.3) is 0 Å². The molecule has 0 aromatic heterocycles. The Kier molecular flexibility index (Phi) is 5.71. The van der Waals surface area contributed by atoms with Crippen LogP contribution in [0, 0.1) is 11.7 Å². The van der Waals surface area contributed by atoms with Gasteiger partial charge in [-0.05, 0) is 30.9 Å². The molecule has 1 aromatic carbocycles. The highest BCUT2D eigenvalue weighted by molar-refractivity contribution is 6.30. The van der Waals surface area contributed by atoms with Gasteiger partial charge in [-0.15, -0.1) is 12.4 Å². The van der Waals surface area contributed by atoms with Gasteiger partial charge in [0.1, 0.15) is 5.82 Å². The van der Waals surface area contributed by atoms with Crippen LogP contribution < -0.4 is 5.73 Å². The molecule has 1 saturated carbocycles. The van der Waals surface area contributed by atoms with Crippen molar-refractivity contribution in [2.75, 3.05) is 0 Å². The standard InChI is InChI=1S/C13H17ClFN.ClH/c14-10-6-7-11(12(15)8-10)13(16)9-4-2-1-3-5-9;/h6-9,13H,1-5,16H2;1H/t13-;/m1./s1. The Labute approximate surface area is 113 Å². The first kappa shape index (κ1) is 14.7. The molecule has 1 aliphatic carbocycles. The lowest BCUT2D eigenvalue weighted by Crippen LogP contribution is -2.24. The fraction of sp³-hybridized carbons (Fsp3) is 0.538. The SMILES string of the molecule is Cl.N[C@@H](c1ccc(Cl)cc1F)C1CCCCC1. The quantitative estimate of drug-likeness (QED) is 0.848. The van der Waals surface area contributed by atoms with Gasteiger partial charge in [-0.2, -0.15) is 0 Å². The van der Waals surface area contributed by atoms with Gasteiger partial charge in [-0.3, -0.25) is 0 Å². The summed E-state index contributed by atoms with van der Waals surface area (Å²) in [6.45, 7) is 0. The Morgan fingerprint density at radius 1 is 1.24 bits per heavy atom. The van der Waals surface area contributed by atoms with Crippen LogP contribution in [0.4, 0.5) is 4.39 Å². The van der Waals surface area contributed by atoms with Gasteiger partial charge in [0, 0.05) is 16.6 Å². The van der Waals surface area contributed by atoms with Crippen LogP contribution >= 0.6 is 24.0 Å². The van der Waals surface area contributed by atoms with E-state index < -0.39 is 0 Å². The summed E-state index contributed by atoms with van der Waals surface area (Å²) in [7, 11) is 0. The summed E-state index contributed by atoms with van der Waals surface area (Å²) in [6.07, 6.45) is 5.94. The van der Waals surface area contributed by atoms with Gasteiger partial charge in [0.2, 0.25) is 0 Å². The lowest BCUT2D eigenvalue weighted by molar-refractivity contribution is 0.303. The van der Waals surface area contributed by atoms with Crippen LogP contribution in [0.1, 0.15) is 43.7 Å². The lowest BCUT2D eigenvalue weighted by Gasteiger charge is -2.28. The second-order valence-electron chi connectivity index (χ2n) is 4.59. The van der Waals surface area contributed by atoms with E-state index in [0.29, 0.717) is 16.5 Å². The second kappa shape index (κ2) is 6.58. The monoisotopic (exact) mass is 277 g/mol. The molecule has 0 radical (unpaired) electrons. The van der Waals surface area contributed by atoms with Crippen molar-refractivity contribution < 1.29 is 4.39 Å². The lowest BCUT2D eigenvalue weighted by atomic mass is 9.81. The fourth-order valence-electron chi connectivity index (χ4n) is 2.52. The summed E-state index contributed by atoms with van der Waals surface area (Å²) in [5, 5.41) is 0.428. The maximum absolute atomic E-state index is 13.7. The first-order chi connectivity index (χ1) is 7.68. The number of nitrogens with two attached hydrogens (primary N) is 1. The highest BCUT2D eigenvalue weighted by Crippen LogP contribution is 2.34. The molecule has 0 unspecified atom stereocenters. The minimum absolute atomic E-state index is 0. The molecule has 0 aliphatic heterocycles. The average molecular weight is 278 g/mol. The zero-order valence-corrected chi connectivity index (χ0v) is 11.2. The number of rotatable bonds is 2. The molecular formula is C13H18Cl2FN. The first-order valence-corrected chi connectivity index (χ1v) is 6.27. The van der Waals surface area contributed by atoms with Gasteiger partial charge in [0.25, 0.3) is 0 Å². The van der Waals surface area contributed by atoms with Gasteiger partial charge in [-0.1, -0.05) is 36.9 Å². The summed E-state index contributed by atoms with van der Waals surface area (Å²) in [6, 6.07) is 4.59. The van der Waals surface area contributed by atoms with Gasteiger partial charge in [-0.25, -0.2) is 4.39 Å². The molecule has 0 spiro atoms. The van der Waals surface area contributed by atoms with Crippen molar-refractivity contribution in [1.82, 2.24) is 0 Å². The summed E-state index contributed by atoms with van der Waals surface area (Å²) in [5.41, 5.74) is 6.75. The van der Waals surface area contributed by atoms with Crippen molar-refractivity contribution in [2.45, 2.75) is 38.1 Å². The molecule has 0 amide bonds. The maximum atomic E-state index is 13.7. The molecule has 1 aliphatic rings. The fourth-order valence-corrected chi connectivity index (χ4v) is 2.68. The molecule has 2 rings (SSSR count). The average Bonchev–Trinajstić information content (AvgIpc) is 2.29. The van der Waals surface area contributed by atoms with E-state index in [4.69, 9.17) is 17.3 Å². The highest BCUT2D eigenvalue weighted by Gasteiger charge is 2.23. The van der Waals surface area contributed by atoms with E-state index in [9.17, 15) is 4.39 Å². The maximum Gasteiger partial charge on any atom is 0.129 e. The van der Waals surface area contributed by atoms with E-state index in [1.54, 1.807) is 12.1 Å². The second-order valence-corrected chi connectivity index (χ2v) is 5.03. The largest absolute Gasteiger partial charge is 0.324 e. The van der Waals surface area contributed by atoms with Crippen LogP contribution in [-0.4, -0.2) is 0 Å². The minimum Gasteiger partial charge on any atom is -0.324 e. The Morgan fingerprint density at radius 3 is 2.47 bits per heavy atom. The highest BCUT2D eigenvalue weighted by atomic mass is 35.5. The molecule has 2 N–H and O–H groups in total. The molecule has 1 fully saturated rings. The number of benzene rings is 1. The third-order valence-electron chi connectivity index (χ3n) is 3.48. The van der Waals surface area contributed by atoms with Gasteiger partial charge in [0.05, 0.1) is 0 Å². The molecule has 1 aromatic rings. The van der Waals surface area contributed by atoms with E-state index in [0.717, 1.165) is 12.8 Å². The third-order valence-corrected chi connectivity index (χ3v) is 3.71. The molecular weight excluding hydrogens is 260 g/mol. The molecule has 0 heterocycles. The van der Waals surface area contributed by atoms with Crippen LogP contribution in [0.2, 0.25) is 5.02 Å². The Morgan fingerprint density at radius 2 is 1.88 bits per heavy atom. The number of halogens is 3. The molecule has 1 atom stereocenters. The number of hydrogen-bond acceptors (Lipinski definition) is 1. The van der Waals surface area contributed by atoms with Gasteiger partial charge >= 0.3 is 0 Å². The van der Waals surface area contributed by atoms with Crippen molar-refractivity contribution in [3.63, 3.8) is 0 Å². The molecule has 17 heavy (non-hydrogen) atoms. The van der Waals surface area contributed by atoms with E-state index in [1.807, 2.05) is 0 Å². The van der Waals surface area contributed by atoms with Crippen LogP contribution in [0.5, 0.6) is 0 Å². The topological polar surface area (TPSA) is 26.0 Å². The normalized spacial score (nSPS) is 18.5. The van der Waals surface area contributed by atoms with Crippen LogP contribution in [0.3, 0.4) is 0 Å². The molecule has 0 saturated heterocycles. The minimum atomic E-state index is -0.273. The molecule has 4 heteroatoms. The molecule has 0 bridgehead atoms. The summed E-state index contributed by atoms with van der Waals surface area (Å²) >= 11 is 5.73. The van der Waals surface area contributed by atoms with Gasteiger partial charge < -0.3 is 5.73 Å². The first-order valence-electron chi connectivity index (χ1n) is 5.89. The smallest absolute Gasteiger partial charge is 0.129 e. The molecule has 1 nitrogen and oxygen atoms in total. The predicted octanol–water partition coefficient (Wildman–Crippen LogP) is 4.48. The Balaban J connectivity index is 0.00000144. The van der Waals surface area contributed by atoms with Crippen molar-refractivity contribution >= 4 is 24.0 Å². The van der Waals surface area contributed by atoms with Crippen molar-refractivity contribution in [1.29, 1.82) is 0 Å². The Hall–Kier alpha value is -0.310. The van der Waals surface area contributed by atoms with Crippen molar-refractivity contribution in [3.05, 3.63) is 34.6 Å². The van der Waals surface area contributed by atoms with Crippen molar-refractivity contribution in [3.8, 4) is 0 Å². The van der Waals surface area contributed by atoms with E-state index in [2.05, 4.69) is 0 Å². The van der Waals surface area contributed by atoms with Crippen LogP contribution in [0.15, 0.2) is 18.2 Å². The number of hydrogen-bond donors (Lipinski definition) is 1. The van der Waals surface area contributed by atoms with E-state index >= 15 is 0 Å². The van der Waals surface area contributed by atoms with Crippen LogP contribution in [-0.2, 0) is 0 Å². The summed E-state index contributed by atoms with van der Waals surface area (Å²) < 4.78 is 13.7. The summed E-state index contributed by atoms with van der Waals surface area (Å²) in [5.74, 6) is 0.148.